The molecule has 7 nitrogen and oxygen atoms in total. The van der Waals surface area contributed by atoms with Crippen LogP contribution in [0, 0.1) is 34.6 Å². The molecule has 0 aliphatic heterocycles. The molecule has 0 bridgehead atoms. The number of hydrogen-bond acceptors (Lipinski definition) is 8. The van der Waals surface area contributed by atoms with Crippen molar-refractivity contribution in [1.29, 1.82) is 0 Å². The van der Waals surface area contributed by atoms with Gasteiger partial charge in [-0.2, -0.15) is 0 Å². The molecule has 0 atom stereocenters. The van der Waals surface area contributed by atoms with Gasteiger partial charge in [-0.1, -0.05) is 30.0 Å². The maximum Gasteiger partial charge on any atom is 0.277 e. The highest BCUT2D eigenvalue weighted by Crippen LogP contribution is 2.30. The van der Waals surface area contributed by atoms with E-state index in [9.17, 15) is 4.79 Å². The van der Waals surface area contributed by atoms with Crippen molar-refractivity contribution >= 4 is 34.1 Å². The molecular weight excluding hydrogens is 468 g/mol. The fourth-order valence-corrected chi connectivity index (χ4v) is 4.64. The van der Waals surface area contributed by atoms with Gasteiger partial charge in [-0.3, -0.25) is 4.79 Å². The van der Waals surface area contributed by atoms with Crippen LogP contribution in [0.25, 0.3) is 11.3 Å². The van der Waals surface area contributed by atoms with Crippen molar-refractivity contribution in [2.45, 2.75) is 46.4 Å². The second kappa shape index (κ2) is 10.4. The molecule has 0 saturated heterocycles. The Balaban J connectivity index is 1.29. The van der Waals surface area contributed by atoms with Crippen LogP contribution >= 0.6 is 23.1 Å². The zero-order chi connectivity index (χ0) is 24.2. The third kappa shape index (κ3) is 5.84. The molecule has 1 N–H and O–H groups in total. The van der Waals surface area contributed by atoms with E-state index in [0.29, 0.717) is 16.2 Å². The molecular formula is C25H26N4O3S2. The summed E-state index contributed by atoms with van der Waals surface area (Å²) in [6.07, 6.45) is 0. The number of thioether (sulfide) groups is 1. The van der Waals surface area contributed by atoms with E-state index in [0.717, 1.165) is 33.7 Å². The Bertz CT molecular complexity index is 1330. The van der Waals surface area contributed by atoms with Gasteiger partial charge in [0.2, 0.25) is 5.91 Å². The van der Waals surface area contributed by atoms with Crippen LogP contribution in [0.3, 0.4) is 0 Å². The smallest absolute Gasteiger partial charge is 0.277 e. The first-order valence-corrected chi connectivity index (χ1v) is 12.6. The SMILES string of the molecule is Cc1ccc(C)c(OCc2nnc(SCC(=O)Nc3nc(-c4cc(C)c(C)cc4C)cs3)o2)c1. The number of hydrogen-bond donors (Lipinski definition) is 1. The van der Waals surface area contributed by atoms with E-state index >= 15 is 0 Å². The summed E-state index contributed by atoms with van der Waals surface area (Å²) in [5.74, 6) is 1.09. The predicted octanol–water partition coefficient (Wildman–Crippen LogP) is 6.05. The van der Waals surface area contributed by atoms with Gasteiger partial charge in [0.25, 0.3) is 11.1 Å². The van der Waals surface area contributed by atoms with Crippen LogP contribution < -0.4 is 10.1 Å². The van der Waals surface area contributed by atoms with E-state index in [-0.39, 0.29) is 18.3 Å². The molecule has 2 aromatic heterocycles. The van der Waals surface area contributed by atoms with Gasteiger partial charge in [-0.15, -0.1) is 21.5 Å². The molecule has 0 fully saturated rings. The number of carbonyl (C=O) groups is 1. The number of thiazole rings is 1. The number of aryl methyl sites for hydroxylation is 5. The van der Waals surface area contributed by atoms with Crippen LogP contribution in [0.5, 0.6) is 5.75 Å². The minimum Gasteiger partial charge on any atom is -0.484 e. The first-order valence-electron chi connectivity index (χ1n) is 10.8. The minimum atomic E-state index is -0.186. The maximum atomic E-state index is 12.4. The molecule has 2 aromatic carbocycles. The summed E-state index contributed by atoms with van der Waals surface area (Å²) in [6.45, 7) is 10.4. The van der Waals surface area contributed by atoms with Crippen LogP contribution in [0.15, 0.2) is 45.4 Å². The standard InChI is InChI=1S/C25H26N4O3S2/c1-14-6-7-15(2)21(8-14)31-11-23-28-29-25(32-23)34-13-22(30)27-24-26-20(12-33-24)19-10-17(4)16(3)9-18(19)5/h6-10,12H,11,13H2,1-5H3,(H,26,27,30). The lowest BCUT2D eigenvalue weighted by atomic mass is 9.99. The van der Waals surface area contributed by atoms with Gasteiger partial charge in [0.05, 0.1) is 11.4 Å². The summed E-state index contributed by atoms with van der Waals surface area (Å²) in [6, 6.07) is 10.3. The van der Waals surface area contributed by atoms with Crippen molar-refractivity contribution in [2.24, 2.45) is 0 Å². The first-order chi connectivity index (χ1) is 16.3. The molecule has 0 saturated carbocycles. The van der Waals surface area contributed by atoms with E-state index < -0.39 is 0 Å². The zero-order valence-corrected chi connectivity index (χ0v) is 21.4. The predicted molar refractivity (Wildman–Crippen MR) is 136 cm³/mol. The Labute approximate surface area is 207 Å². The average molecular weight is 495 g/mol. The van der Waals surface area contributed by atoms with E-state index in [4.69, 9.17) is 9.15 Å². The maximum absolute atomic E-state index is 12.4. The van der Waals surface area contributed by atoms with Crippen molar-refractivity contribution in [1.82, 2.24) is 15.2 Å². The summed E-state index contributed by atoms with van der Waals surface area (Å²) in [4.78, 5) is 17.0. The van der Waals surface area contributed by atoms with Gasteiger partial charge in [0.15, 0.2) is 11.7 Å². The quantitative estimate of drug-likeness (QED) is 0.298. The van der Waals surface area contributed by atoms with E-state index in [1.807, 2.05) is 37.4 Å². The second-order valence-corrected chi connectivity index (χ2v) is 9.93. The number of nitrogens with zero attached hydrogens (tertiary/aromatic N) is 3. The molecule has 0 aliphatic rings. The molecule has 4 rings (SSSR count). The molecule has 4 aromatic rings. The Kier molecular flexibility index (Phi) is 7.33. The number of amides is 1. The van der Waals surface area contributed by atoms with E-state index in [2.05, 4.69) is 53.4 Å². The Morgan fingerprint density at radius 2 is 1.82 bits per heavy atom. The Morgan fingerprint density at radius 3 is 2.65 bits per heavy atom. The van der Waals surface area contributed by atoms with Crippen LogP contribution in [0.2, 0.25) is 0 Å². The van der Waals surface area contributed by atoms with Crippen molar-refractivity contribution in [3.05, 3.63) is 69.4 Å². The molecule has 0 spiro atoms. The first kappa shape index (κ1) is 24.0. The Morgan fingerprint density at radius 1 is 1.03 bits per heavy atom. The number of aromatic nitrogens is 3. The lowest BCUT2D eigenvalue weighted by molar-refractivity contribution is -0.113. The topological polar surface area (TPSA) is 90.1 Å². The highest BCUT2D eigenvalue weighted by molar-refractivity contribution is 7.99. The van der Waals surface area contributed by atoms with Gasteiger partial charge in [0, 0.05) is 10.9 Å². The summed E-state index contributed by atoms with van der Waals surface area (Å²) in [5, 5.41) is 13.7. The minimum absolute atomic E-state index is 0.136. The third-order valence-electron chi connectivity index (χ3n) is 5.34. The molecule has 176 valence electrons. The number of rotatable bonds is 8. The summed E-state index contributed by atoms with van der Waals surface area (Å²) < 4.78 is 11.4. The van der Waals surface area contributed by atoms with Gasteiger partial charge in [-0.25, -0.2) is 4.98 Å². The fraction of sp³-hybridized carbons (Fsp3) is 0.280. The number of benzene rings is 2. The Hall–Kier alpha value is -3.17. The van der Waals surface area contributed by atoms with Crippen molar-refractivity contribution in [3.8, 4) is 17.0 Å². The molecule has 1 amide bonds. The molecule has 0 aliphatic carbocycles. The van der Waals surface area contributed by atoms with Gasteiger partial charge in [-0.05, 0) is 74.6 Å². The highest BCUT2D eigenvalue weighted by Gasteiger charge is 2.14. The molecule has 0 radical (unpaired) electrons. The largest absolute Gasteiger partial charge is 0.484 e. The third-order valence-corrected chi connectivity index (χ3v) is 6.91. The van der Waals surface area contributed by atoms with Crippen LogP contribution in [-0.4, -0.2) is 26.8 Å². The summed E-state index contributed by atoms with van der Waals surface area (Å²) in [5.41, 5.74) is 7.72. The molecule has 0 unspecified atom stereocenters. The van der Waals surface area contributed by atoms with E-state index in [1.165, 1.54) is 34.2 Å². The average Bonchev–Trinajstić information content (AvgIpc) is 3.45. The van der Waals surface area contributed by atoms with E-state index in [1.54, 1.807) is 0 Å². The highest BCUT2D eigenvalue weighted by atomic mass is 32.2. The van der Waals surface area contributed by atoms with Crippen molar-refractivity contribution in [3.63, 3.8) is 0 Å². The normalized spacial score (nSPS) is 11.0. The van der Waals surface area contributed by atoms with Crippen LogP contribution in [-0.2, 0) is 11.4 Å². The number of nitrogens with one attached hydrogen (secondary N) is 1. The van der Waals surface area contributed by atoms with Gasteiger partial charge < -0.3 is 14.5 Å². The van der Waals surface area contributed by atoms with Crippen LogP contribution in [0.1, 0.15) is 33.7 Å². The van der Waals surface area contributed by atoms with Crippen molar-refractivity contribution in [2.75, 3.05) is 11.1 Å². The monoisotopic (exact) mass is 494 g/mol. The summed E-state index contributed by atoms with van der Waals surface area (Å²) >= 11 is 2.58. The van der Waals surface area contributed by atoms with Crippen LogP contribution in [0.4, 0.5) is 5.13 Å². The molecule has 9 heteroatoms. The van der Waals surface area contributed by atoms with Crippen molar-refractivity contribution < 1.29 is 13.9 Å². The lowest BCUT2D eigenvalue weighted by Crippen LogP contribution is -2.13. The number of anilines is 1. The lowest BCUT2D eigenvalue weighted by Gasteiger charge is -2.07. The molecule has 2 heterocycles. The second-order valence-electron chi connectivity index (χ2n) is 8.15. The van der Waals surface area contributed by atoms with Gasteiger partial charge >= 0.3 is 0 Å². The number of ether oxygens (including phenoxy) is 1. The summed E-state index contributed by atoms with van der Waals surface area (Å²) in [7, 11) is 0. The van der Waals surface area contributed by atoms with Gasteiger partial charge in [0.1, 0.15) is 5.75 Å². The zero-order valence-electron chi connectivity index (χ0n) is 19.8. The fourth-order valence-electron chi connectivity index (χ4n) is 3.33. The number of carbonyl (C=O) groups excluding carboxylic acids is 1. The molecule has 34 heavy (non-hydrogen) atoms.